The predicted molar refractivity (Wildman–Crippen MR) is 71.3 cm³/mol. The molecule has 1 aromatic rings. The molecule has 2 atom stereocenters. The van der Waals surface area contributed by atoms with Crippen molar-refractivity contribution in [3.8, 4) is 0 Å². The summed E-state index contributed by atoms with van der Waals surface area (Å²) in [6, 6.07) is 3.57. The number of nitrogens with zero attached hydrogens (tertiary/aromatic N) is 3. The highest BCUT2D eigenvalue weighted by Gasteiger charge is 2.31. The van der Waals surface area contributed by atoms with Crippen molar-refractivity contribution in [3.05, 3.63) is 24.0 Å². The first kappa shape index (κ1) is 13.8. The number of carbonyl (C=O) groups is 1. The summed E-state index contributed by atoms with van der Waals surface area (Å²) in [4.78, 5) is 19.4. The van der Waals surface area contributed by atoms with Crippen molar-refractivity contribution >= 4 is 11.6 Å². The lowest BCUT2D eigenvalue weighted by Crippen LogP contribution is -2.25. The van der Waals surface area contributed by atoms with Crippen LogP contribution in [0.3, 0.4) is 0 Å². The molecule has 0 aromatic carbocycles. The lowest BCUT2D eigenvalue weighted by Gasteiger charge is -2.19. The molecule has 1 saturated heterocycles. The van der Waals surface area contributed by atoms with Gasteiger partial charge in [0.05, 0.1) is 6.10 Å². The van der Waals surface area contributed by atoms with Crippen LogP contribution < -0.4 is 4.90 Å². The molecule has 1 aliphatic heterocycles. The number of β-amino-alcohol motifs (C(OH)–C–C–N with tert-alkyl or cyclic N) is 1. The quantitative estimate of drug-likeness (QED) is 0.832. The standard InChI is InChI=1S/C13H19N3O3/c1-15(2)13(18)10-6-9(4-5-14-10)16-7-11(17)12(8-16)19-3/h4-6,11-12,17H,7-8H2,1-3H3/t11-,12-/m1/s1. The molecule has 1 fully saturated rings. The van der Waals surface area contributed by atoms with Gasteiger partial charge in [0.2, 0.25) is 0 Å². The van der Waals surface area contributed by atoms with Crippen LogP contribution in [0.1, 0.15) is 10.5 Å². The number of hydrogen-bond donors (Lipinski definition) is 1. The Labute approximate surface area is 112 Å². The Balaban J connectivity index is 2.18. The molecular weight excluding hydrogens is 246 g/mol. The summed E-state index contributed by atoms with van der Waals surface area (Å²) in [6.45, 7) is 1.11. The van der Waals surface area contributed by atoms with Crippen LogP contribution in [0.4, 0.5) is 5.69 Å². The molecule has 0 radical (unpaired) electrons. The number of methoxy groups -OCH3 is 1. The van der Waals surface area contributed by atoms with Gasteiger partial charge in [0, 0.05) is 46.2 Å². The maximum Gasteiger partial charge on any atom is 0.272 e. The summed E-state index contributed by atoms with van der Waals surface area (Å²) >= 11 is 0. The summed E-state index contributed by atoms with van der Waals surface area (Å²) < 4.78 is 5.21. The van der Waals surface area contributed by atoms with Gasteiger partial charge in [0.1, 0.15) is 11.8 Å². The summed E-state index contributed by atoms with van der Waals surface area (Å²) in [6.07, 6.45) is 0.908. The molecule has 0 bridgehead atoms. The van der Waals surface area contributed by atoms with Gasteiger partial charge >= 0.3 is 0 Å². The van der Waals surface area contributed by atoms with Gasteiger partial charge in [-0.15, -0.1) is 0 Å². The summed E-state index contributed by atoms with van der Waals surface area (Å²) in [5.41, 5.74) is 1.27. The van der Waals surface area contributed by atoms with Gasteiger partial charge < -0.3 is 19.6 Å². The molecule has 104 valence electrons. The monoisotopic (exact) mass is 265 g/mol. The van der Waals surface area contributed by atoms with E-state index in [0.29, 0.717) is 18.8 Å². The highest BCUT2D eigenvalue weighted by atomic mass is 16.5. The van der Waals surface area contributed by atoms with E-state index >= 15 is 0 Å². The molecule has 0 unspecified atom stereocenters. The first-order valence-electron chi connectivity index (χ1n) is 6.16. The Kier molecular flexibility index (Phi) is 4.01. The van der Waals surface area contributed by atoms with Crippen LogP contribution in [0.5, 0.6) is 0 Å². The van der Waals surface area contributed by atoms with Crippen molar-refractivity contribution in [2.45, 2.75) is 12.2 Å². The van der Waals surface area contributed by atoms with Crippen LogP contribution in [-0.2, 0) is 4.74 Å². The summed E-state index contributed by atoms with van der Waals surface area (Å²) in [7, 11) is 4.97. The van der Waals surface area contributed by atoms with E-state index in [-0.39, 0.29) is 12.0 Å². The Morgan fingerprint density at radius 3 is 2.84 bits per heavy atom. The van der Waals surface area contributed by atoms with Crippen LogP contribution in [0.25, 0.3) is 0 Å². The smallest absolute Gasteiger partial charge is 0.272 e. The zero-order valence-corrected chi connectivity index (χ0v) is 11.4. The second-order valence-electron chi connectivity index (χ2n) is 4.85. The molecule has 1 N–H and O–H groups in total. The lowest BCUT2D eigenvalue weighted by atomic mass is 10.2. The van der Waals surface area contributed by atoms with Crippen LogP contribution in [0.15, 0.2) is 18.3 Å². The van der Waals surface area contributed by atoms with E-state index in [1.54, 1.807) is 33.5 Å². The van der Waals surface area contributed by atoms with Crippen molar-refractivity contribution in [1.29, 1.82) is 0 Å². The molecule has 1 aromatic heterocycles. The van der Waals surface area contributed by atoms with Crippen molar-refractivity contribution in [2.24, 2.45) is 0 Å². The minimum absolute atomic E-state index is 0.134. The molecule has 19 heavy (non-hydrogen) atoms. The third-order valence-electron chi connectivity index (χ3n) is 3.27. The highest BCUT2D eigenvalue weighted by Crippen LogP contribution is 2.22. The molecule has 0 spiro atoms. The van der Waals surface area contributed by atoms with Gasteiger partial charge in [-0.05, 0) is 12.1 Å². The van der Waals surface area contributed by atoms with E-state index in [1.807, 2.05) is 11.0 Å². The Bertz CT molecular complexity index is 464. The predicted octanol–water partition coefficient (Wildman–Crippen LogP) is -0.0207. The van der Waals surface area contributed by atoms with Gasteiger partial charge in [-0.2, -0.15) is 0 Å². The lowest BCUT2D eigenvalue weighted by molar-refractivity contribution is 0.0217. The molecule has 6 nitrogen and oxygen atoms in total. The normalized spacial score (nSPS) is 22.6. The SMILES string of the molecule is CO[C@@H]1CN(c2ccnc(C(=O)N(C)C)c2)C[C@H]1O. The number of ether oxygens (including phenoxy) is 1. The fourth-order valence-electron chi connectivity index (χ4n) is 2.16. The molecule has 0 saturated carbocycles. The third kappa shape index (κ3) is 2.85. The number of aromatic nitrogens is 1. The van der Waals surface area contributed by atoms with Gasteiger partial charge in [-0.25, -0.2) is 0 Å². The number of aliphatic hydroxyl groups excluding tert-OH is 1. The van der Waals surface area contributed by atoms with Crippen LogP contribution in [0.2, 0.25) is 0 Å². The second kappa shape index (κ2) is 5.54. The van der Waals surface area contributed by atoms with Gasteiger partial charge in [-0.1, -0.05) is 0 Å². The highest BCUT2D eigenvalue weighted by molar-refractivity contribution is 5.92. The average molecular weight is 265 g/mol. The van der Waals surface area contributed by atoms with Crippen molar-refractivity contribution < 1.29 is 14.6 Å². The third-order valence-corrected chi connectivity index (χ3v) is 3.27. The summed E-state index contributed by atoms with van der Waals surface area (Å²) in [5, 5.41) is 9.83. The molecule has 1 amide bonds. The molecule has 0 aliphatic carbocycles. The summed E-state index contributed by atoms with van der Waals surface area (Å²) in [5.74, 6) is -0.134. The zero-order valence-electron chi connectivity index (χ0n) is 11.4. The first-order chi connectivity index (χ1) is 9.02. The Morgan fingerprint density at radius 1 is 1.53 bits per heavy atom. The topological polar surface area (TPSA) is 65.9 Å². The van der Waals surface area contributed by atoms with E-state index in [0.717, 1.165) is 5.69 Å². The number of aliphatic hydroxyl groups is 1. The van der Waals surface area contributed by atoms with Gasteiger partial charge in [0.15, 0.2) is 0 Å². The zero-order chi connectivity index (χ0) is 14.0. The van der Waals surface area contributed by atoms with Crippen LogP contribution in [-0.4, -0.2) is 67.4 Å². The number of carbonyl (C=O) groups excluding carboxylic acids is 1. The number of rotatable bonds is 3. The van der Waals surface area contributed by atoms with Crippen molar-refractivity contribution in [2.75, 3.05) is 39.2 Å². The second-order valence-corrected chi connectivity index (χ2v) is 4.85. The number of pyridine rings is 1. The molecular formula is C13H19N3O3. The van der Waals surface area contributed by atoms with Crippen LogP contribution in [0, 0.1) is 0 Å². The fourth-order valence-corrected chi connectivity index (χ4v) is 2.16. The van der Waals surface area contributed by atoms with Gasteiger partial charge in [-0.3, -0.25) is 9.78 Å². The number of amides is 1. The molecule has 2 rings (SSSR count). The van der Waals surface area contributed by atoms with E-state index in [4.69, 9.17) is 4.74 Å². The van der Waals surface area contributed by atoms with E-state index in [9.17, 15) is 9.90 Å². The van der Waals surface area contributed by atoms with E-state index < -0.39 is 6.10 Å². The van der Waals surface area contributed by atoms with Gasteiger partial charge in [0.25, 0.3) is 5.91 Å². The molecule has 1 aliphatic rings. The minimum Gasteiger partial charge on any atom is -0.388 e. The van der Waals surface area contributed by atoms with Crippen LogP contribution >= 0.6 is 0 Å². The number of hydrogen-bond acceptors (Lipinski definition) is 5. The Hall–Kier alpha value is -1.66. The van der Waals surface area contributed by atoms with Crippen molar-refractivity contribution in [3.63, 3.8) is 0 Å². The minimum atomic E-state index is -0.508. The number of anilines is 1. The largest absolute Gasteiger partial charge is 0.388 e. The fraction of sp³-hybridized carbons (Fsp3) is 0.538. The molecule has 6 heteroatoms. The van der Waals surface area contributed by atoms with E-state index in [1.165, 1.54) is 4.90 Å². The molecule has 2 heterocycles. The Morgan fingerprint density at radius 2 is 2.26 bits per heavy atom. The van der Waals surface area contributed by atoms with E-state index in [2.05, 4.69) is 4.98 Å². The first-order valence-corrected chi connectivity index (χ1v) is 6.16. The maximum atomic E-state index is 11.9. The average Bonchev–Trinajstić information content (AvgIpc) is 2.79. The van der Waals surface area contributed by atoms with Crippen molar-refractivity contribution in [1.82, 2.24) is 9.88 Å². The maximum absolute atomic E-state index is 11.9.